The highest BCUT2D eigenvalue weighted by atomic mass is 16.3. The number of nitrogens with zero attached hydrogens (tertiary/aromatic N) is 4. The van der Waals surface area contributed by atoms with Crippen LogP contribution in [0.25, 0.3) is 137 Å². The number of hydrogen-bond acceptors (Lipinski definition) is 2. The second-order valence-electron chi connectivity index (χ2n) is 17.2. The van der Waals surface area contributed by atoms with Crippen LogP contribution >= 0.6 is 0 Å². The fourth-order valence-corrected chi connectivity index (χ4v) is 11.3. The minimum Gasteiger partial charge on any atom is -0.455 e. The standard InChI is InChI=1S/C62H34N4O/c1-64-59-54(37-18-4-2-5-19-37)48(36-63)60(65-49-31-12-10-25-47(49)56-44(28-17-32-50(56)65)46-30-14-29-45-41-24-11-13-35-53(41)67-62(45)46)55(38-20-6-3-7-21-38)61(59)66-51-33-15-26-42-39-22-8-9-23-40(39)43-27-16-34-52(66)58(43)57(42)51/h2-35H. The van der Waals surface area contributed by atoms with Crippen LogP contribution in [0.2, 0.25) is 0 Å². The summed E-state index contributed by atoms with van der Waals surface area (Å²) in [6.45, 7) is 9.25. The van der Waals surface area contributed by atoms with Crippen LogP contribution in [0.3, 0.4) is 0 Å². The lowest BCUT2D eigenvalue weighted by atomic mass is 9.88. The highest BCUT2D eigenvalue weighted by Gasteiger charge is 2.32. The Hall–Kier alpha value is -9.42. The van der Waals surface area contributed by atoms with Gasteiger partial charge in [0.15, 0.2) is 0 Å². The summed E-state index contributed by atoms with van der Waals surface area (Å²) in [5, 5.41) is 23.1. The summed E-state index contributed by atoms with van der Waals surface area (Å²) in [5.74, 6) is 0. The lowest BCUT2D eigenvalue weighted by Gasteiger charge is -2.25. The predicted molar refractivity (Wildman–Crippen MR) is 276 cm³/mol. The Morgan fingerprint density at radius 2 is 0.881 bits per heavy atom. The van der Waals surface area contributed by atoms with E-state index in [1.54, 1.807) is 0 Å². The van der Waals surface area contributed by atoms with Crippen molar-refractivity contribution in [2.24, 2.45) is 0 Å². The van der Waals surface area contributed by atoms with Crippen LogP contribution in [0.1, 0.15) is 5.56 Å². The van der Waals surface area contributed by atoms with E-state index in [1.807, 2.05) is 60.7 Å². The maximum Gasteiger partial charge on any atom is 0.220 e. The molecule has 5 heteroatoms. The van der Waals surface area contributed by atoms with Gasteiger partial charge in [0.2, 0.25) is 5.69 Å². The van der Waals surface area contributed by atoms with Gasteiger partial charge in [0.05, 0.1) is 45.6 Å². The fraction of sp³-hybridized carbons (Fsp3) is 0. The molecule has 0 atom stereocenters. The molecule has 14 rings (SSSR count). The van der Waals surface area contributed by atoms with Crippen molar-refractivity contribution in [2.75, 3.05) is 0 Å². The second kappa shape index (κ2) is 14.0. The van der Waals surface area contributed by atoms with Crippen molar-refractivity contribution in [2.45, 2.75) is 0 Å². The van der Waals surface area contributed by atoms with Crippen molar-refractivity contribution in [1.29, 1.82) is 5.26 Å². The molecule has 0 unspecified atom stereocenters. The summed E-state index contributed by atoms with van der Waals surface area (Å²) in [4.78, 5) is 4.52. The van der Waals surface area contributed by atoms with Gasteiger partial charge in [-0.15, -0.1) is 0 Å². The summed E-state index contributed by atoms with van der Waals surface area (Å²) in [5.41, 5.74) is 12.9. The molecule has 0 saturated carbocycles. The Morgan fingerprint density at radius 3 is 1.54 bits per heavy atom. The molecule has 0 N–H and O–H groups in total. The molecule has 0 aliphatic heterocycles. The Balaban J connectivity index is 1.22. The number of nitriles is 1. The van der Waals surface area contributed by atoms with Crippen LogP contribution in [0.5, 0.6) is 0 Å². The van der Waals surface area contributed by atoms with E-state index in [2.05, 4.69) is 166 Å². The molecule has 308 valence electrons. The summed E-state index contributed by atoms with van der Waals surface area (Å²) in [7, 11) is 0. The van der Waals surface area contributed by atoms with E-state index in [-0.39, 0.29) is 0 Å². The number of benzene rings is 11. The average Bonchev–Trinajstić information content (AvgIpc) is 4.06. The third-order valence-electron chi connectivity index (χ3n) is 13.9. The first kappa shape index (κ1) is 37.0. The summed E-state index contributed by atoms with van der Waals surface area (Å²) in [6, 6.07) is 74.3. The van der Waals surface area contributed by atoms with E-state index in [9.17, 15) is 11.8 Å². The smallest absolute Gasteiger partial charge is 0.220 e. The van der Waals surface area contributed by atoms with Crippen molar-refractivity contribution in [1.82, 2.24) is 9.13 Å². The van der Waals surface area contributed by atoms with Crippen LogP contribution in [0.15, 0.2) is 211 Å². The molecule has 0 amide bonds. The molecular weight excluding hydrogens is 817 g/mol. The fourth-order valence-electron chi connectivity index (χ4n) is 11.3. The van der Waals surface area contributed by atoms with Crippen molar-refractivity contribution >= 4 is 92.8 Å². The van der Waals surface area contributed by atoms with Gasteiger partial charge in [0, 0.05) is 49.0 Å². The topological polar surface area (TPSA) is 51.1 Å². The number of hydrogen-bond donors (Lipinski definition) is 0. The first-order chi connectivity index (χ1) is 33.2. The summed E-state index contributed by atoms with van der Waals surface area (Å²) < 4.78 is 11.3. The van der Waals surface area contributed by atoms with Gasteiger partial charge in [-0.1, -0.05) is 176 Å². The van der Waals surface area contributed by atoms with Crippen LogP contribution < -0.4 is 0 Å². The van der Waals surface area contributed by atoms with Gasteiger partial charge in [-0.25, -0.2) is 4.85 Å². The Labute approximate surface area is 384 Å². The molecule has 0 fully saturated rings. The molecule has 5 nitrogen and oxygen atoms in total. The summed E-state index contributed by atoms with van der Waals surface area (Å²) >= 11 is 0. The van der Waals surface area contributed by atoms with Crippen LogP contribution in [0.4, 0.5) is 5.69 Å². The number of fused-ring (bicyclic) bond motifs is 9. The molecule has 0 radical (unpaired) electrons. The molecular formula is C62H34N4O. The third-order valence-corrected chi connectivity index (χ3v) is 13.9. The number of furan rings is 1. The maximum absolute atomic E-state index is 11.9. The van der Waals surface area contributed by atoms with E-state index in [4.69, 9.17) is 4.42 Å². The number of para-hydroxylation sites is 3. The number of aromatic nitrogens is 2. The molecule has 14 aromatic rings. The first-order valence-electron chi connectivity index (χ1n) is 22.5. The second-order valence-corrected chi connectivity index (χ2v) is 17.2. The molecule has 0 saturated heterocycles. The van der Waals surface area contributed by atoms with E-state index >= 15 is 0 Å². The zero-order chi connectivity index (χ0) is 44.3. The summed E-state index contributed by atoms with van der Waals surface area (Å²) in [6.07, 6.45) is 0. The van der Waals surface area contributed by atoms with Crippen molar-refractivity contribution < 1.29 is 4.42 Å². The Morgan fingerprint density at radius 1 is 0.403 bits per heavy atom. The van der Waals surface area contributed by atoms with Gasteiger partial charge < -0.3 is 13.6 Å². The maximum atomic E-state index is 11.9. The van der Waals surface area contributed by atoms with Gasteiger partial charge in [0.1, 0.15) is 17.2 Å². The van der Waals surface area contributed by atoms with Gasteiger partial charge in [0.25, 0.3) is 0 Å². The molecule has 3 aromatic heterocycles. The third kappa shape index (κ3) is 5.00. The minimum absolute atomic E-state index is 0.412. The SMILES string of the molecule is [C-]#[N+]c1c(-c2ccccc2)c(C#N)c(-n2c3ccccc3c3c(-c4cccc5c4oc4ccccc45)cccc32)c(-c2ccccc2)c1-n1c2cccc3c4ccccc4c4cccc1c4c32. The molecule has 0 bridgehead atoms. The van der Waals surface area contributed by atoms with Gasteiger partial charge in [-0.05, 0) is 68.6 Å². The quantitative estimate of drug-likeness (QED) is 0.128. The highest BCUT2D eigenvalue weighted by molar-refractivity contribution is 6.35. The molecule has 0 aliphatic carbocycles. The van der Waals surface area contributed by atoms with Crippen molar-refractivity contribution in [3.63, 3.8) is 0 Å². The van der Waals surface area contributed by atoms with Crippen molar-refractivity contribution in [3.05, 3.63) is 223 Å². The average molecular weight is 851 g/mol. The largest absolute Gasteiger partial charge is 0.455 e. The van der Waals surface area contributed by atoms with E-state index in [0.717, 1.165) is 110 Å². The lowest BCUT2D eigenvalue weighted by Crippen LogP contribution is -2.08. The zero-order valence-corrected chi connectivity index (χ0v) is 35.8. The number of rotatable bonds is 5. The minimum atomic E-state index is 0.412. The van der Waals surface area contributed by atoms with E-state index in [0.29, 0.717) is 22.5 Å². The van der Waals surface area contributed by atoms with Crippen molar-refractivity contribution in [3.8, 4) is 50.8 Å². The Kier molecular flexibility index (Phi) is 7.75. The highest BCUT2D eigenvalue weighted by Crippen LogP contribution is 2.54. The lowest BCUT2D eigenvalue weighted by molar-refractivity contribution is 0.670. The van der Waals surface area contributed by atoms with Crippen LogP contribution in [-0.2, 0) is 0 Å². The molecule has 0 aliphatic rings. The van der Waals surface area contributed by atoms with Gasteiger partial charge in [-0.2, -0.15) is 5.26 Å². The molecule has 0 spiro atoms. The Bertz CT molecular complexity index is 4370. The van der Waals surface area contributed by atoms with Gasteiger partial charge in [-0.3, -0.25) is 0 Å². The molecule has 3 heterocycles. The first-order valence-corrected chi connectivity index (χ1v) is 22.5. The van der Waals surface area contributed by atoms with E-state index in [1.165, 1.54) is 10.8 Å². The van der Waals surface area contributed by atoms with Crippen LogP contribution in [0, 0.1) is 17.9 Å². The van der Waals surface area contributed by atoms with Gasteiger partial charge >= 0.3 is 0 Å². The monoisotopic (exact) mass is 850 g/mol. The van der Waals surface area contributed by atoms with E-state index < -0.39 is 0 Å². The molecule has 67 heavy (non-hydrogen) atoms. The molecule has 11 aromatic carbocycles. The predicted octanol–water partition coefficient (Wildman–Crippen LogP) is 16.9. The van der Waals surface area contributed by atoms with Crippen LogP contribution in [-0.4, -0.2) is 9.13 Å². The normalized spacial score (nSPS) is 11.9. The zero-order valence-electron chi connectivity index (χ0n) is 35.8.